The molecule has 0 aliphatic rings. The molecule has 1 aromatic carbocycles. The minimum Gasteiger partial charge on any atom is -0.350 e. The van der Waals surface area contributed by atoms with Gasteiger partial charge < -0.3 is 5.32 Å². The van der Waals surface area contributed by atoms with Gasteiger partial charge in [-0.05, 0) is 23.6 Å². The molecule has 3 nitrogen and oxygen atoms in total. The van der Waals surface area contributed by atoms with Crippen LogP contribution in [-0.4, -0.2) is 12.5 Å². The van der Waals surface area contributed by atoms with E-state index in [1.807, 2.05) is 6.07 Å². The number of amides is 1. The molecule has 1 amide bonds. The number of nitrogens with one attached hydrogen (secondary N) is 1. The van der Waals surface area contributed by atoms with Gasteiger partial charge in [0.1, 0.15) is 5.82 Å². The van der Waals surface area contributed by atoms with Gasteiger partial charge in [-0.15, -0.1) is 11.3 Å². The number of rotatable bonds is 3. The van der Waals surface area contributed by atoms with Crippen LogP contribution in [-0.2, 0) is 0 Å². The molecule has 86 valence electrons. The quantitative estimate of drug-likeness (QED) is 0.849. The van der Waals surface area contributed by atoms with Crippen molar-refractivity contribution in [3.63, 3.8) is 0 Å². The lowest BCUT2D eigenvalue weighted by atomic mass is 10.2. The molecule has 0 spiro atoms. The highest BCUT2D eigenvalue weighted by Gasteiger charge is 2.09. The van der Waals surface area contributed by atoms with Crippen molar-refractivity contribution in [2.75, 3.05) is 6.54 Å². The number of thiophene rings is 1. The highest BCUT2D eigenvalue weighted by molar-refractivity contribution is 7.20. The number of hydrogen-bond acceptors (Lipinski definition) is 3. The summed E-state index contributed by atoms with van der Waals surface area (Å²) in [6.07, 6.45) is 0.283. The molecular weight excluding hydrogens is 239 g/mol. The van der Waals surface area contributed by atoms with Gasteiger partial charge in [0.25, 0.3) is 5.91 Å². The highest BCUT2D eigenvalue weighted by Crippen LogP contribution is 2.26. The van der Waals surface area contributed by atoms with E-state index in [1.165, 1.54) is 23.5 Å². The van der Waals surface area contributed by atoms with Crippen LogP contribution in [0, 0.1) is 17.1 Å². The van der Waals surface area contributed by atoms with Crippen molar-refractivity contribution in [3.05, 3.63) is 35.0 Å². The van der Waals surface area contributed by atoms with Crippen LogP contribution in [0.25, 0.3) is 10.1 Å². The normalized spacial score (nSPS) is 10.1. The maximum Gasteiger partial charge on any atom is 0.261 e. The Balaban J connectivity index is 2.19. The second-order valence-corrected chi connectivity index (χ2v) is 4.54. The first-order valence-corrected chi connectivity index (χ1v) is 5.86. The van der Waals surface area contributed by atoms with Crippen LogP contribution in [0.1, 0.15) is 16.1 Å². The minimum absolute atomic E-state index is 0.221. The van der Waals surface area contributed by atoms with E-state index in [0.29, 0.717) is 11.4 Å². The molecule has 0 unspecified atom stereocenters. The van der Waals surface area contributed by atoms with Crippen molar-refractivity contribution >= 4 is 27.3 Å². The van der Waals surface area contributed by atoms with Crippen molar-refractivity contribution in [1.29, 1.82) is 5.26 Å². The van der Waals surface area contributed by atoms with Gasteiger partial charge in [0.2, 0.25) is 0 Å². The van der Waals surface area contributed by atoms with Gasteiger partial charge in [0, 0.05) is 11.2 Å². The smallest absolute Gasteiger partial charge is 0.261 e. The number of hydrogen-bond donors (Lipinski definition) is 1. The summed E-state index contributed by atoms with van der Waals surface area (Å²) >= 11 is 1.24. The van der Waals surface area contributed by atoms with Crippen molar-refractivity contribution in [2.45, 2.75) is 6.42 Å². The molecule has 2 rings (SSSR count). The molecule has 0 aliphatic heterocycles. The molecule has 0 bridgehead atoms. The molecule has 0 saturated heterocycles. The Kier molecular flexibility index (Phi) is 3.35. The fraction of sp³-hybridized carbons (Fsp3) is 0.167. The van der Waals surface area contributed by atoms with E-state index in [4.69, 9.17) is 5.26 Å². The van der Waals surface area contributed by atoms with Crippen LogP contribution in [0.3, 0.4) is 0 Å². The van der Waals surface area contributed by atoms with E-state index in [1.54, 1.807) is 12.1 Å². The van der Waals surface area contributed by atoms with Crippen LogP contribution in [0.15, 0.2) is 24.3 Å². The molecule has 1 heterocycles. The first kappa shape index (κ1) is 11.6. The maximum atomic E-state index is 13.0. The fourth-order valence-electron chi connectivity index (χ4n) is 1.44. The second-order valence-electron chi connectivity index (χ2n) is 3.46. The molecule has 17 heavy (non-hydrogen) atoms. The number of nitriles is 1. The summed E-state index contributed by atoms with van der Waals surface area (Å²) in [5.74, 6) is -0.530. The molecular formula is C12H9FN2OS. The van der Waals surface area contributed by atoms with Crippen LogP contribution < -0.4 is 5.32 Å². The van der Waals surface area contributed by atoms with Gasteiger partial charge in [-0.2, -0.15) is 5.26 Å². The zero-order chi connectivity index (χ0) is 12.3. The number of halogens is 1. The Morgan fingerprint density at radius 3 is 3.06 bits per heavy atom. The summed E-state index contributed by atoms with van der Waals surface area (Å²) in [6, 6.07) is 8.09. The standard InChI is InChI=1S/C12H9FN2OS/c13-9-3-2-8-6-11(17-10(8)7-9)12(16)15-5-1-4-14/h2-3,6-7H,1,5H2,(H,15,16). The third-order valence-corrected chi connectivity index (χ3v) is 3.32. The average Bonchev–Trinajstić information content (AvgIpc) is 2.72. The van der Waals surface area contributed by atoms with E-state index in [-0.39, 0.29) is 18.1 Å². The van der Waals surface area contributed by atoms with Crippen molar-refractivity contribution in [1.82, 2.24) is 5.32 Å². The number of carbonyl (C=O) groups excluding carboxylic acids is 1. The van der Waals surface area contributed by atoms with Gasteiger partial charge in [-0.25, -0.2) is 4.39 Å². The Labute approximate surface area is 101 Å². The summed E-state index contributed by atoms with van der Waals surface area (Å²) in [5, 5.41) is 11.8. The summed E-state index contributed by atoms with van der Waals surface area (Å²) in [4.78, 5) is 12.2. The first-order chi connectivity index (χ1) is 8.20. The van der Waals surface area contributed by atoms with Crippen molar-refractivity contribution in [2.24, 2.45) is 0 Å². The molecule has 0 radical (unpaired) electrons. The summed E-state index contributed by atoms with van der Waals surface area (Å²) < 4.78 is 13.7. The van der Waals surface area contributed by atoms with Crippen LogP contribution in [0.5, 0.6) is 0 Å². The molecule has 1 N–H and O–H groups in total. The van der Waals surface area contributed by atoms with Gasteiger partial charge in [-0.3, -0.25) is 4.79 Å². The molecule has 5 heteroatoms. The summed E-state index contributed by atoms with van der Waals surface area (Å²) in [5.41, 5.74) is 0. The number of fused-ring (bicyclic) bond motifs is 1. The van der Waals surface area contributed by atoms with Crippen molar-refractivity contribution < 1.29 is 9.18 Å². The predicted molar refractivity (Wildman–Crippen MR) is 64.3 cm³/mol. The van der Waals surface area contributed by atoms with E-state index in [9.17, 15) is 9.18 Å². The fourth-order valence-corrected chi connectivity index (χ4v) is 2.44. The highest BCUT2D eigenvalue weighted by atomic mass is 32.1. The van der Waals surface area contributed by atoms with Crippen LogP contribution >= 0.6 is 11.3 Å². The summed E-state index contributed by atoms with van der Waals surface area (Å²) in [7, 11) is 0. The Morgan fingerprint density at radius 2 is 2.29 bits per heavy atom. The van der Waals surface area contributed by atoms with E-state index >= 15 is 0 Å². The molecule has 0 atom stereocenters. The molecule has 1 aromatic heterocycles. The number of benzene rings is 1. The van der Waals surface area contributed by atoms with E-state index in [0.717, 1.165) is 10.1 Å². The van der Waals surface area contributed by atoms with Crippen molar-refractivity contribution in [3.8, 4) is 6.07 Å². The lowest BCUT2D eigenvalue weighted by Gasteiger charge is -1.97. The number of carbonyl (C=O) groups is 1. The zero-order valence-corrected chi connectivity index (χ0v) is 9.68. The molecule has 2 aromatic rings. The van der Waals surface area contributed by atoms with Gasteiger partial charge in [-0.1, -0.05) is 6.07 Å². The van der Waals surface area contributed by atoms with E-state index in [2.05, 4.69) is 5.32 Å². The largest absolute Gasteiger partial charge is 0.350 e. The van der Waals surface area contributed by atoms with Gasteiger partial charge >= 0.3 is 0 Å². The van der Waals surface area contributed by atoms with Gasteiger partial charge in [0.05, 0.1) is 17.4 Å². The molecule has 0 aliphatic carbocycles. The minimum atomic E-state index is -0.309. The predicted octanol–water partition coefficient (Wildman–Crippen LogP) is 2.68. The Hall–Kier alpha value is -1.93. The van der Waals surface area contributed by atoms with Crippen LogP contribution in [0.2, 0.25) is 0 Å². The molecule has 0 saturated carbocycles. The molecule has 0 fully saturated rings. The lowest BCUT2D eigenvalue weighted by Crippen LogP contribution is -2.23. The topological polar surface area (TPSA) is 52.9 Å². The third kappa shape index (κ3) is 2.60. The monoisotopic (exact) mass is 248 g/mol. The third-order valence-electron chi connectivity index (χ3n) is 2.23. The summed E-state index contributed by atoms with van der Waals surface area (Å²) in [6.45, 7) is 0.331. The zero-order valence-electron chi connectivity index (χ0n) is 8.87. The van der Waals surface area contributed by atoms with Gasteiger partial charge in [0.15, 0.2) is 0 Å². The Morgan fingerprint density at radius 1 is 1.47 bits per heavy atom. The maximum absolute atomic E-state index is 13.0. The SMILES string of the molecule is N#CCCNC(=O)c1cc2ccc(F)cc2s1. The second kappa shape index (κ2) is 4.93. The Bertz CT molecular complexity index is 600. The van der Waals surface area contributed by atoms with Crippen LogP contribution in [0.4, 0.5) is 4.39 Å². The van der Waals surface area contributed by atoms with E-state index < -0.39 is 0 Å². The average molecular weight is 248 g/mol. The number of nitrogens with zero attached hydrogens (tertiary/aromatic N) is 1. The first-order valence-electron chi connectivity index (χ1n) is 5.05. The lowest BCUT2D eigenvalue weighted by molar-refractivity contribution is 0.0958.